The molecule has 10 nitrogen and oxygen atoms in total. The molecule has 3 amide bonds. The lowest BCUT2D eigenvalue weighted by Gasteiger charge is -2.34. The maximum atomic E-state index is 13.9. The van der Waals surface area contributed by atoms with Crippen molar-refractivity contribution in [3.8, 4) is 11.8 Å². The van der Waals surface area contributed by atoms with Crippen molar-refractivity contribution in [1.82, 2.24) is 9.80 Å². The summed E-state index contributed by atoms with van der Waals surface area (Å²) >= 11 is 3.38. The van der Waals surface area contributed by atoms with Crippen LogP contribution in [-0.4, -0.2) is 76.0 Å². The molecule has 2 aromatic rings. The summed E-state index contributed by atoms with van der Waals surface area (Å²) in [7, 11) is 0. The summed E-state index contributed by atoms with van der Waals surface area (Å²) in [6.45, 7) is 16.0. The first-order valence-corrected chi connectivity index (χ1v) is 17.0. The molecular formula is C37H48BrF2N3O7. The van der Waals surface area contributed by atoms with Gasteiger partial charge in [0.1, 0.15) is 48.2 Å². The van der Waals surface area contributed by atoms with Gasteiger partial charge in [-0.05, 0) is 111 Å². The van der Waals surface area contributed by atoms with E-state index in [0.717, 1.165) is 10.0 Å². The number of alkyl halides is 2. The summed E-state index contributed by atoms with van der Waals surface area (Å²) in [4.78, 5) is 38.6. The Labute approximate surface area is 302 Å². The van der Waals surface area contributed by atoms with Crippen LogP contribution in [0.15, 0.2) is 53.0 Å². The summed E-state index contributed by atoms with van der Waals surface area (Å²) in [5, 5.41) is 0. The van der Waals surface area contributed by atoms with Crippen molar-refractivity contribution in [3.05, 3.63) is 69.7 Å². The number of hydrogen-bond donors (Lipinski definition) is 1. The zero-order valence-corrected chi connectivity index (χ0v) is 31.9. The standard InChI is InChI=1S/C20H25FN2O4.C17H23BrFNO3/c1-19(2,3)27-18(25)23-15(12-21)17(26-20(23,4)5)14-9-6-13(7-10-14)8-11-16(22)24;1-16(2,3)23-15(21)20-13(10-19)14(22-17(20,4)5)11-6-8-12(18)9-7-11/h6-7,9-10,15,17H,12H2,1-5H3,(H2,22,24);6-9,13-14H,10H2,1-5H3/t15-,17-;13-,14-/m11/s1. The van der Waals surface area contributed by atoms with Crippen LogP contribution in [0, 0.1) is 11.8 Å². The van der Waals surface area contributed by atoms with Gasteiger partial charge >= 0.3 is 12.2 Å². The summed E-state index contributed by atoms with van der Waals surface area (Å²) in [5.74, 6) is 4.17. The number of halogens is 3. The molecule has 2 saturated heterocycles. The zero-order valence-electron chi connectivity index (χ0n) is 30.3. The Kier molecular flexibility index (Phi) is 12.7. The molecular weight excluding hydrogens is 716 g/mol. The largest absolute Gasteiger partial charge is 0.444 e. The van der Waals surface area contributed by atoms with Crippen molar-refractivity contribution in [2.75, 3.05) is 13.3 Å². The van der Waals surface area contributed by atoms with Crippen LogP contribution in [0.25, 0.3) is 0 Å². The quantitative estimate of drug-likeness (QED) is 0.317. The minimum atomic E-state index is -1.03. The SMILES string of the molecule is CC(C)(C)OC(=O)N1[C@H](CF)[C@@H](c2ccc(Br)cc2)OC1(C)C.CC(C)(C)OC(=O)N1[C@H](CF)[C@@H](c2ccc(C#CC(N)=O)cc2)OC1(C)C. The highest BCUT2D eigenvalue weighted by Gasteiger charge is 2.53. The molecule has 2 N–H and O–H groups in total. The minimum Gasteiger partial charge on any atom is -0.444 e. The number of nitrogens with two attached hydrogens (primary N) is 1. The van der Waals surface area contributed by atoms with E-state index in [0.29, 0.717) is 11.1 Å². The predicted molar refractivity (Wildman–Crippen MR) is 188 cm³/mol. The Bertz CT molecular complexity index is 1580. The molecule has 4 atom stereocenters. The molecule has 0 bridgehead atoms. The van der Waals surface area contributed by atoms with Gasteiger partial charge in [-0.2, -0.15) is 0 Å². The number of hydrogen-bond acceptors (Lipinski definition) is 7. The molecule has 0 saturated carbocycles. The zero-order chi connectivity index (χ0) is 37.8. The number of amides is 3. The second-order valence-corrected chi connectivity index (χ2v) is 15.8. The molecule has 2 aromatic carbocycles. The molecule has 274 valence electrons. The van der Waals surface area contributed by atoms with Crippen LogP contribution < -0.4 is 5.73 Å². The van der Waals surface area contributed by atoms with Gasteiger partial charge in [-0.15, -0.1) is 0 Å². The molecule has 0 aliphatic carbocycles. The first kappa shape index (κ1) is 40.7. The third-order valence-corrected chi connectivity index (χ3v) is 8.15. The van der Waals surface area contributed by atoms with Crippen LogP contribution in [0.5, 0.6) is 0 Å². The van der Waals surface area contributed by atoms with E-state index < -0.39 is 78.4 Å². The molecule has 50 heavy (non-hydrogen) atoms. The Hall–Kier alpha value is -3.73. The van der Waals surface area contributed by atoms with Crippen molar-refractivity contribution >= 4 is 34.0 Å². The number of ether oxygens (including phenoxy) is 4. The van der Waals surface area contributed by atoms with E-state index in [1.54, 1.807) is 93.5 Å². The number of carbonyl (C=O) groups excluding carboxylic acids is 3. The fourth-order valence-electron chi connectivity index (χ4n) is 5.72. The van der Waals surface area contributed by atoms with E-state index in [-0.39, 0.29) is 0 Å². The Morgan fingerprint density at radius 2 is 1.12 bits per heavy atom. The number of carbonyl (C=O) groups is 3. The van der Waals surface area contributed by atoms with Crippen LogP contribution in [0.1, 0.15) is 98.1 Å². The van der Waals surface area contributed by atoms with E-state index in [4.69, 9.17) is 24.7 Å². The lowest BCUT2D eigenvalue weighted by atomic mass is 10.0. The maximum Gasteiger partial charge on any atom is 0.413 e. The van der Waals surface area contributed by atoms with Crippen LogP contribution in [0.2, 0.25) is 0 Å². The van der Waals surface area contributed by atoms with E-state index in [9.17, 15) is 23.2 Å². The third-order valence-electron chi connectivity index (χ3n) is 7.62. The molecule has 0 unspecified atom stereocenters. The van der Waals surface area contributed by atoms with Gasteiger partial charge in [0.15, 0.2) is 0 Å². The number of rotatable bonds is 4. The van der Waals surface area contributed by atoms with E-state index in [1.807, 2.05) is 24.3 Å². The van der Waals surface area contributed by atoms with E-state index in [2.05, 4.69) is 27.8 Å². The van der Waals surface area contributed by atoms with E-state index >= 15 is 0 Å². The second kappa shape index (κ2) is 15.7. The highest BCUT2D eigenvalue weighted by molar-refractivity contribution is 9.10. The van der Waals surface area contributed by atoms with E-state index in [1.165, 1.54) is 9.80 Å². The molecule has 0 aromatic heterocycles. The summed E-state index contributed by atoms with van der Waals surface area (Å²) in [5.41, 5.74) is 3.79. The molecule has 2 aliphatic rings. The monoisotopic (exact) mass is 763 g/mol. The van der Waals surface area contributed by atoms with Gasteiger partial charge in [0.2, 0.25) is 0 Å². The first-order valence-electron chi connectivity index (χ1n) is 16.2. The lowest BCUT2D eigenvalue weighted by Crippen LogP contribution is -2.50. The Morgan fingerprint density at radius 1 is 0.760 bits per heavy atom. The third kappa shape index (κ3) is 10.4. The smallest absolute Gasteiger partial charge is 0.413 e. The van der Waals surface area contributed by atoms with Gasteiger partial charge < -0.3 is 24.7 Å². The normalized spacial score (nSPS) is 22.5. The van der Waals surface area contributed by atoms with Gasteiger partial charge in [-0.1, -0.05) is 46.1 Å². The molecule has 2 fully saturated rings. The highest BCUT2D eigenvalue weighted by atomic mass is 79.9. The average molecular weight is 765 g/mol. The van der Waals surface area contributed by atoms with Crippen molar-refractivity contribution in [3.63, 3.8) is 0 Å². The number of primary amides is 1. The lowest BCUT2D eigenvalue weighted by molar-refractivity contribution is -0.112. The van der Waals surface area contributed by atoms with Crippen molar-refractivity contribution in [2.24, 2.45) is 5.73 Å². The Morgan fingerprint density at radius 3 is 1.44 bits per heavy atom. The molecule has 13 heteroatoms. The fraction of sp³-hybridized carbons (Fsp3) is 0.541. The van der Waals surface area contributed by atoms with Gasteiger partial charge in [0, 0.05) is 10.0 Å². The van der Waals surface area contributed by atoms with Crippen LogP contribution >= 0.6 is 15.9 Å². The Balaban J connectivity index is 0.000000274. The molecule has 4 rings (SSSR count). The predicted octanol–water partition coefficient (Wildman–Crippen LogP) is 7.74. The van der Waals surface area contributed by atoms with Crippen LogP contribution in [0.4, 0.5) is 18.4 Å². The number of benzene rings is 2. The second-order valence-electron chi connectivity index (χ2n) is 14.9. The van der Waals surface area contributed by atoms with Crippen molar-refractivity contribution in [2.45, 2.75) is 116 Å². The summed E-state index contributed by atoms with van der Waals surface area (Å²) in [6.07, 6.45) is -2.38. The van der Waals surface area contributed by atoms with Gasteiger partial charge in [0.05, 0.1) is 12.1 Å². The maximum absolute atomic E-state index is 13.9. The highest BCUT2D eigenvalue weighted by Crippen LogP contribution is 2.43. The molecule has 0 spiro atoms. The first-order chi connectivity index (χ1) is 23.0. The molecule has 2 aliphatic heterocycles. The van der Waals surface area contributed by atoms with Crippen LogP contribution in [-0.2, 0) is 23.7 Å². The minimum absolute atomic E-state index is 0.532. The van der Waals surface area contributed by atoms with Gasteiger partial charge in [-0.3, -0.25) is 14.6 Å². The van der Waals surface area contributed by atoms with Crippen LogP contribution in [0.3, 0.4) is 0 Å². The topological polar surface area (TPSA) is 121 Å². The average Bonchev–Trinajstić information content (AvgIpc) is 3.43. The van der Waals surface area contributed by atoms with Gasteiger partial charge in [-0.25, -0.2) is 18.4 Å². The fourth-order valence-corrected chi connectivity index (χ4v) is 5.98. The molecule has 2 heterocycles. The molecule has 0 radical (unpaired) electrons. The van der Waals surface area contributed by atoms with Crippen molar-refractivity contribution in [1.29, 1.82) is 0 Å². The summed E-state index contributed by atoms with van der Waals surface area (Å²) < 4.78 is 51.4. The number of nitrogens with zero attached hydrogens (tertiary/aromatic N) is 2. The van der Waals surface area contributed by atoms with Gasteiger partial charge in [0.25, 0.3) is 5.91 Å². The van der Waals surface area contributed by atoms with Crippen molar-refractivity contribution < 1.29 is 42.1 Å². The summed E-state index contributed by atoms with van der Waals surface area (Å²) in [6, 6.07) is 12.8.